The molecule has 0 aromatic heterocycles. The molecule has 0 amide bonds. The van der Waals surface area contributed by atoms with Crippen molar-refractivity contribution in [1.29, 1.82) is 0 Å². The van der Waals surface area contributed by atoms with E-state index in [2.05, 4.69) is 24.1 Å². The molecule has 0 radical (unpaired) electrons. The van der Waals surface area contributed by atoms with Gasteiger partial charge in [0.15, 0.2) is 5.96 Å². The fourth-order valence-corrected chi connectivity index (χ4v) is 3.32. The molecule has 2 N–H and O–H groups in total. The van der Waals surface area contributed by atoms with E-state index in [1.807, 2.05) is 6.92 Å². The predicted octanol–water partition coefficient (Wildman–Crippen LogP) is 2.60. The molecule has 2 rings (SSSR count). The molecule has 2 fully saturated rings. The third kappa shape index (κ3) is 7.33. The maximum absolute atomic E-state index is 9.22. The highest BCUT2D eigenvalue weighted by Gasteiger charge is 2.42. The maximum atomic E-state index is 9.22. The number of hydrogen-bond acceptors (Lipinski definition) is 4. The number of ether oxygens (including phenoxy) is 2. The molecule has 1 heterocycles. The molecule has 1 saturated heterocycles. The minimum absolute atomic E-state index is 0. The van der Waals surface area contributed by atoms with Gasteiger partial charge in [-0.05, 0) is 44.4 Å². The van der Waals surface area contributed by atoms with Crippen LogP contribution >= 0.6 is 17.0 Å². The molecule has 2 atom stereocenters. The van der Waals surface area contributed by atoms with Crippen molar-refractivity contribution in [3.8, 4) is 0 Å². The molecular weight excluding hydrogens is 398 g/mol. The Bertz CT molecular complexity index is 407. The van der Waals surface area contributed by atoms with E-state index in [1.54, 1.807) is 0 Å². The van der Waals surface area contributed by atoms with Crippen molar-refractivity contribution in [3.63, 3.8) is 0 Å². The second kappa shape index (κ2) is 12.2. The summed E-state index contributed by atoms with van der Waals surface area (Å²) in [5, 5.41) is 12.6. The first-order valence-corrected chi connectivity index (χ1v) is 10.0. The zero-order valence-corrected chi connectivity index (χ0v) is 18.4. The second-order valence-corrected chi connectivity index (χ2v) is 7.34. The lowest BCUT2D eigenvalue weighted by atomic mass is 10.0. The summed E-state index contributed by atoms with van der Waals surface area (Å²) in [5.41, 5.74) is 0.335. The Morgan fingerprint density at radius 1 is 1.23 bits per heavy atom. The summed E-state index contributed by atoms with van der Waals surface area (Å²) >= 11 is 0. The molecule has 7 heteroatoms. The van der Waals surface area contributed by atoms with E-state index in [1.165, 1.54) is 12.8 Å². The number of aliphatic hydroxyl groups is 1. The molecule has 1 aliphatic heterocycles. The second-order valence-electron chi connectivity index (χ2n) is 7.34. The standard InChI is InChI=1S/C19H37N3O3.BrH/c1-4-16-13-22(14-17(5-2)25-16)18(20-10-11-23)21-15-19(7-8-19)9-12-24-6-3;/h16-17,23H,4-15H2,1-3H3,(H,20,21);1H. The molecule has 1 aliphatic carbocycles. The normalized spacial score (nSPS) is 24.9. The highest BCUT2D eigenvalue weighted by Crippen LogP contribution is 2.49. The van der Waals surface area contributed by atoms with Gasteiger partial charge in [0.05, 0.1) is 18.8 Å². The monoisotopic (exact) mass is 435 g/mol. The van der Waals surface area contributed by atoms with Crippen LogP contribution in [0.25, 0.3) is 0 Å². The summed E-state index contributed by atoms with van der Waals surface area (Å²) in [4.78, 5) is 7.26. The SMILES string of the molecule is Br.CCOCCC1(CN=C(NCCO)N2CC(CC)OC(CC)C2)CC1. The van der Waals surface area contributed by atoms with E-state index in [0.29, 0.717) is 12.0 Å². The van der Waals surface area contributed by atoms with Crippen LogP contribution in [-0.2, 0) is 9.47 Å². The van der Waals surface area contributed by atoms with Crippen LogP contribution in [0.2, 0.25) is 0 Å². The average molecular weight is 436 g/mol. The maximum Gasteiger partial charge on any atom is 0.194 e. The number of hydrogen-bond donors (Lipinski definition) is 2. The predicted molar refractivity (Wildman–Crippen MR) is 111 cm³/mol. The minimum Gasteiger partial charge on any atom is -0.395 e. The third-order valence-corrected chi connectivity index (χ3v) is 5.34. The lowest BCUT2D eigenvalue weighted by Crippen LogP contribution is -2.54. The molecule has 2 unspecified atom stereocenters. The number of halogens is 1. The number of morpholine rings is 1. The van der Waals surface area contributed by atoms with Gasteiger partial charge >= 0.3 is 0 Å². The Balaban J connectivity index is 0.00000338. The first-order chi connectivity index (χ1) is 12.2. The molecule has 0 aromatic carbocycles. The van der Waals surface area contributed by atoms with E-state index < -0.39 is 0 Å². The number of aliphatic imine (C=N–C) groups is 1. The van der Waals surface area contributed by atoms with Crippen LogP contribution in [0.1, 0.15) is 52.9 Å². The molecule has 26 heavy (non-hydrogen) atoms. The van der Waals surface area contributed by atoms with E-state index >= 15 is 0 Å². The third-order valence-electron chi connectivity index (χ3n) is 5.34. The van der Waals surface area contributed by atoms with E-state index in [0.717, 1.165) is 58.1 Å². The number of nitrogens with zero attached hydrogens (tertiary/aromatic N) is 2. The smallest absolute Gasteiger partial charge is 0.194 e. The Hall–Kier alpha value is -0.370. The Kier molecular flexibility index (Phi) is 11.1. The van der Waals surface area contributed by atoms with Crippen LogP contribution in [0.5, 0.6) is 0 Å². The van der Waals surface area contributed by atoms with E-state index in [4.69, 9.17) is 14.5 Å². The number of guanidine groups is 1. The Labute approximate surface area is 169 Å². The summed E-state index contributed by atoms with van der Waals surface area (Å²) in [6.07, 6.45) is 6.12. The van der Waals surface area contributed by atoms with Crippen LogP contribution in [0.4, 0.5) is 0 Å². The Morgan fingerprint density at radius 2 is 1.88 bits per heavy atom. The van der Waals surface area contributed by atoms with Gasteiger partial charge in [0.1, 0.15) is 0 Å². The van der Waals surface area contributed by atoms with Crippen LogP contribution in [-0.4, -0.2) is 74.2 Å². The van der Waals surface area contributed by atoms with Crippen LogP contribution < -0.4 is 5.32 Å². The first kappa shape index (κ1) is 23.7. The van der Waals surface area contributed by atoms with Gasteiger partial charge in [0, 0.05) is 39.4 Å². The molecule has 0 aromatic rings. The van der Waals surface area contributed by atoms with Gasteiger partial charge in [-0.25, -0.2) is 0 Å². The molecule has 1 saturated carbocycles. The van der Waals surface area contributed by atoms with E-state index in [-0.39, 0.29) is 35.8 Å². The molecule has 0 bridgehead atoms. The highest BCUT2D eigenvalue weighted by atomic mass is 79.9. The van der Waals surface area contributed by atoms with Crippen molar-refractivity contribution in [2.24, 2.45) is 10.4 Å². The lowest BCUT2D eigenvalue weighted by molar-refractivity contribution is -0.0696. The molecule has 2 aliphatic rings. The molecule has 0 spiro atoms. The zero-order valence-electron chi connectivity index (χ0n) is 16.7. The van der Waals surface area contributed by atoms with E-state index in [9.17, 15) is 5.11 Å². The first-order valence-electron chi connectivity index (χ1n) is 10.0. The zero-order chi connectivity index (χ0) is 18.1. The molecule has 154 valence electrons. The van der Waals surface area contributed by atoms with Crippen molar-refractivity contribution in [1.82, 2.24) is 10.2 Å². The highest BCUT2D eigenvalue weighted by molar-refractivity contribution is 8.93. The minimum atomic E-state index is 0. The summed E-state index contributed by atoms with van der Waals surface area (Å²) in [7, 11) is 0. The van der Waals surface area contributed by atoms with Crippen molar-refractivity contribution >= 4 is 22.9 Å². The lowest BCUT2D eigenvalue weighted by Gasteiger charge is -2.39. The van der Waals surface area contributed by atoms with Crippen molar-refractivity contribution < 1.29 is 14.6 Å². The van der Waals surface area contributed by atoms with Gasteiger partial charge in [-0.3, -0.25) is 4.99 Å². The molecular formula is C19H38BrN3O3. The van der Waals surface area contributed by atoms with Gasteiger partial charge in [-0.2, -0.15) is 0 Å². The van der Waals surface area contributed by atoms with Crippen LogP contribution in [0.15, 0.2) is 4.99 Å². The summed E-state index contributed by atoms with van der Waals surface area (Å²) < 4.78 is 11.6. The van der Waals surface area contributed by atoms with Gasteiger partial charge < -0.3 is 24.8 Å². The number of aliphatic hydroxyl groups excluding tert-OH is 1. The van der Waals surface area contributed by atoms with Gasteiger partial charge in [-0.15, -0.1) is 17.0 Å². The Morgan fingerprint density at radius 3 is 2.38 bits per heavy atom. The van der Waals surface area contributed by atoms with Crippen molar-refractivity contribution in [2.75, 3.05) is 46.0 Å². The van der Waals surface area contributed by atoms with Crippen molar-refractivity contribution in [2.45, 2.75) is 65.1 Å². The topological polar surface area (TPSA) is 66.3 Å². The average Bonchev–Trinajstić information content (AvgIpc) is 3.41. The number of rotatable bonds is 10. The van der Waals surface area contributed by atoms with Gasteiger partial charge in [-0.1, -0.05) is 13.8 Å². The fraction of sp³-hybridized carbons (Fsp3) is 0.947. The van der Waals surface area contributed by atoms with Gasteiger partial charge in [0.2, 0.25) is 0 Å². The summed E-state index contributed by atoms with van der Waals surface area (Å²) in [6, 6.07) is 0. The van der Waals surface area contributed by atoms with Gasteiger partial charge in [0.25, 0.3) is 0 Å². The fourth-order valence-electron chi connectivity index (χ4n) is 3.32. The summed E-state index contributed by atoms with van der Waals surface area (Å²) in [6.45, 7) is 11.2. The summed E-state index contributed by atoms with van der Waals surface area (Å²) in [5.74, 6) is 0.928. The van der Waals surface area contributed by atoms with Crippen LogP contribution in [0, 0.1) is 5.41 Å². The number of nitrogens with one attached hydrogen (secondary N) is 1. The van der Waals surface area contributed by atoms with Crippen LogP contribution in [0.3, 0.4) is 0 Å². The molecule has 6 nitrogen and oxygen atoms in total. The quantitative estimate of drug-likeness (QED) is 0.313. The largest absolute Gasteiger partial charge is 0.395 e. The van der Waals surface area contributed by atoms with Crippen molar-refractivity contribution in [3.05, 3.63) is 0 Å².